The lowest BCUT2D eigenvalue weighted by molar-refractivity contribution is 0.176. The van der Waals surface area contributed by atoms with E-state index in [9.17, 15) is 9.50 Å². The van der Waals surface area contributed by atoms with Crippen molar-refractivity contribution in [2.45, 2.75) is 25.9 Å². The van der Waals surface area contributed by atoms with Crippen molar-refractivity contribution in [2.75, 3.05) is 0 Å². The number of aliphatic hydroxyl groups excluding tert-OH is 1. The van der Waals surface area contributed by atoms with Crippen LogP contribution in [-0.4, -0.2) is 5.11 Å². The third kappa shape index (κ3) is 2.57. The molecule has 0 radical (unpaired) electrons. The van der Waals surface area contributed by atoms with Gasteiger partial charge in [0.1, 0.15) is 11.6 Å². The van der Waals surface area contributed by atoms with Gasteiger partial charge in [0, 0.05) is 18.4 Å². The number of aliphatic hydroxyl groups is 1. The molecule has 1 N–H and O–H groups in total. The van der Waals surface area contributed by atoms with Crippen LogP contribution in [0.4, 0.5) is 4.39 Å². The summed E-state index contributed by atoms with van der Waals surface area (Å²) in [6.07, 6.45) is 1.78. The highest BCUT2D eigenvalue weighted by Gasteiger charge is 2.17. The third-order valence-electron chi connectivity index (χ3n) is 2.90. The number of furan rings is 1. The van der Waals surface area contributed by atoms with Gasteiger partial charge in [0.2, 0.25) is 0 Å². The Morgan fingerprint density at radius 2 is 2.17 bits per heavy atom. The van der Waals surface area contributed by atoms with E-state index in [1.165, 1.54) is 6.07 Å². The summed E-state index contributed by atoms with van der Waals surface area (Å²) in [5, 5.41) is 10.2. The van der Waals surface area contributed by atoms with Crippen molar-refractivity contribution < 1.29 is 13.9 Å². The largest absolute Gasteiger partial charge is 0.469 e. The lowest BCUT2D eigenvalue weighted by Gasteiger charge is -2.12. The van der Waals surface area contributed by atoms with E-state index in [4.69, 9.17) is 16.0 Å². The van der Waals surface area contributed by atoms with Crippen LogP contribution in [-0.2, 0) is 12.8 Å². The van der Waals surface area contributed by atoms with Gasteiger partial charge in [-0.1, -0.05) is 30.7 Å². The van der Waals surface area contributed by atoms with Gasteiger partial charge in [-0.15, -0.1) is 0 Å². The molecule has 18 heavy (non-hydrogen) atoms. The Bertz CT molecular complexity index is 536. The summed E-state index contributed by atoms with van der Waals surface area (Å²) in [5.74, 6) is 0.277. The summed E-state index contributed by atoms with van der Waals surface area (Å²) >= 11 is 5.86. The van der Waals surface area contributed by atoms with E-state index in [1.807, 2.05) is 6.92 Å². The number of rotatable bonds is 4. The molecule has 1 aromatic carbocycles. The zero-order chi connectivity index (χ0) is 13.1. The second-order valence-corrected chi connectivity index (χ2v) is 4.46. The predicted molar refractivity (Wildman–Crippen MR) is 68.2 cm³/mol. The minimum atomic E-state index is -0.738. The smallest absolute Gasteiger partial charge is 0.142 e. The summed E-state index contributed by atoms with van der Waals surface area (Å²) in [5.41, 5.74) is 1.32. The summed E-state index contributed by atoms with van der Waals surface area (Å²) in [4.78, 5) is 0. The molecule has 1 unspecified atom stereocenters. The van der Waals surface area contributed by atoms with Crippen molar-refractivity contribution in [1.29, 1.82) is 0 Å². The minimum absolute atomic E-state index is 0.0677. The Kier molecular flexibility index (Phi) is 4.04. The standard InChI is InChI=1S/C14H14ClFO2/c1-2-13-10(6-7-18-13)12(17)8-9-4-3-5-11(16)14(9)15/h3-7,12,17H,2,8H2,1H3. The normalized spacial score (nSPS) is 12.7. The van der Waals surface area contributed by atoms with E-state index < -0.39 is 11.9 Å². The Morgan fingerprint density at radius 3 is 2.89 bits per heavy atom. The number of halogens is 2. The number of hydrogen-bond donors (Lipinski definition) is 1. The molecule has 0 amide bonds. The van der Waals surface area contributed by atoms with Gasteiger partial charge in [-0.05, 0) is 17.7 Å². The lowest BCUT2D eigenvalue weighted by Crippen LogP contribution is -2.04. The maximum Gasteiger partial charge on any atom is 0.142 e. The van der Waals surface area contributed by atoms with Gasteiger partial charge in [-0.2, -0.15) is 0 Å². The molecule has 0 saturated heterocycles. The summed E-state index contributed by atoms with van der Waals surface area (Å²) < 4.78 is 18.5. The molecule has 0 spiro atoms. The van der Waals surface area contributed by atoms with E-state index in [-0.39, 0.29) is 11.4 Å². The molecule has 0 saturated carbocycles. The Morgan fingerprint density at radius 1 is 1.39 bits per heavy atom. The molecule has 4 heteroatoms. The van der Waals surface area contributed by atoms with Crippen molar-refractivity contribution in [1.82, 2.24) is 0 Å². The topological polar surface area (TPSA) is 33.4 Å². The maximum absolute atomic E-state index is 13.3. The molecule has 0 aliphatic heterocycles. The maximum atomic E-state index is 13.3. The van der Waals surface area contributed by atoms with Gasteiger partial charge in [0.25, 0.3) is 0 Å². The van der Waals surface area contributed by atoms with Crippen LogP contribution in [0.2, 0.25) is 5.02 Å². The quantitative estimate of drug-likeness (QED) is 0.912. The third-order valence-corrected chi connectivity index (χ3v) is 3.33. The van der Waals surface area contributed by atoms with E-state index in [1.54, 1.807) is 24.5 Å². The first-order chi connectivity index (χ1) is 8.63. The Labute approximate surface area is 110 Å². The average molecular weight is 269 g/mol. The minimum Gasteiger partial charge on any atom is -0.469 e. The van der Waals surface area contributed by atoms with Gasteiger partial charge >= 0.3 is 0 Å². The summed E-state index contributed by atoms with van der Waals surface area (Å²) in [6, 6.07) is 6.32. The first-order valence-electron chi connectivity index (χ1n) is 5.80. The average Bonchev–Trinajstić information content (AvgIpc) is 2.83. The van der Waals surface area contributed by atoms with Crippen molar-refractivity contribution in [2.24, 2.45) is 0 Å². The molecular weight excluding hydrogens is 255 g/mol. The molecule has 2 rings (SSSR count). The number of hydrogen-bond acceptors (Lipinski definition) is 2. The van der Waals surface area contributed by atoms with Gasteiger partial charge in [-0.25, -0.2) is 4.39 Å². The molecule has 2 aromatic rings. The first kappa shape index (κ1) is 13.1. The van der Waals surface area contributed by atoms with Crippen molar-refractivity contribution in [3.8, 4) is 0 Å². The van der Waals surface area contributed by atoms with Crippen LogP contribution in [0.1, 0.15) is 29.9 Å². The molecule has 2 nitrogen and oxygen atoms in total. The van der Waals surface area contributed by atoms with E-state index in [0.717, 1.165) is 11.3 Å². The van der Waals surface area contributed by atoms with Crippen molar-refractivity contribution >= 4 is 11.6 Å². The molecule has 0 fully saturated rings. The van der Waals surface area contributed by atoms with Crippen LogP contribution in [0, 0.1) is 5.82 Å². The fourth-order valence-corrected chi connectivity index (χ4v) is 2.16. The van der Waals surface area contributed by atoms with Crippen LogP contribution < -0.4 is 0 Å². The van der Waals surface area contributed by atoms with Gasteiger partial charge < -0.3 is 9.52 Å². The predicted octanol–water partition coefficient (Wildman–Crippen LogP) is 3.91. The van der Waals surface area contributed by atoms with Gasteiger partial charge in [0.15, 0.2) is 0 Å². The second-order valence-electron chi connectivity index (χ2n) is 4.09. The van der Waals surface area contributed by atoms with Gasteiger partial charge in [0.05, 0.1) is 17.4 Å². The van der Waals surface area contributed by atoms with Crippen LogP contribution in [0.15, 0.2) is 34.9 Å². The van der Waals surface area contributed by atoms with Crippen LogP contribution >= 0.6 is 11.6 Å². The molecule has 0 aliphatic carbocycles. The highest BCUT2D eigenvalue weighted by Crippen LogP contribution is 2.27. The van der Waals surface area contributed by atoms with E-state index in [0.29, 0.717) is 12.0 Å². The monoisotopic (exact) mass is 268 g/mol. The lowest BCUT2D eigenvalue weighted by atomic mass is 10.0. The van der Waals surface area contributed by atoms with Crippen LogP contribution in [0.25, 0.3) is 0 Å². The highest BCUT2D eigenvalue weighted by molar-refractivity contribution is 6.31. The first-order valence-corrected chi connectivity index (χ1v) is 6.18. The Balaban J connectivity index is 2.21. The highest BCUT2D eigenvalue weighted by atomic mass is 35.5. The number of benzene rings is 1. The zero-order valence-electron chi connectivity index (χ0n) is 9.99. The Hall–Kier alpha value is -1.32. The van der Waals surface area contributed by atoms with Crippen molar-refractivity contribution in [3.05, 3.63) is 58.3 Å². The summed E-state index contributed by atoms with van der Waals surface area (Å²) in [7, 11) is 0. The van der Waals surface area contributed by atoms with Crippen molar-refractivity contribution in [3.63, 3.8) is 0 Å². The van der Waals surface area contributed by atoms with E-state index >= 15 is 0 Å². The van der Waals surface area contributed by atoms with E-state index in [2.05, 4.69) is 0 Å². The van der Waals surface area contributed by atoms with Gasteiger partial charge in [-0.3, -0.25) is 0 Å². The molecule has 1 aromatic heterocycles. The fourth-order valence-electron chi connectivity index (χ4n) is 1.96. The second kappa shape index (κ2) is 5.55. The molecule has 1 atom stereocenters. The SMILES string of the molecule is CCc1occc1C(O)Cc1cccc(F)c1Cl. The zero-order valence-corrected chi connectivity index (χ0v) is 10.7. The fraction of sp³-hybridized carbons (Fsp3) is 0.286. The summed E-state index contributed by atoms with van der Waals surface area (Å²) in [6.45, 7) is 1.95. The number of aryl methyl sites for hydroxylation is 1. The molecular formula is C14H14ClFO2. The molecule has 0 bridgehead atoms. The molecule has 1 heterocycles. The van der Waals surface area contributed by atoms with Crippen LogP contribution in [0.5, 0.6) is 0 Å². The molecule has 0 aliphatic rings. The van der Waals surface area contributed by atoms with Crippen LogP contribution in [0.3, 0.4) is 0 Å². The molecule has 96 valence electrons.